The molecule has 4 aromatic rings. The molecule has 0 aliphatic carbocycles. The molecule has 32 heavy (non-hydrogen) atoms. The maximum absolute atomic E-state index is 13.6. The Morgan fingerprint density at radius 3 is 2.62 bits per heavy atom. The fourth-order valence-corrected chi connectivity index (χ4v) is 5.94. The summed E-state index contributed by atoms with van der Waals surface area (Å²) in [5, 5.41) is 4.75. The van der Waals surface area contributed by atoms with E-state index in [2.05, 4.69) is 15.1 Å². The maximum Gasteiger partial charge on any atom is 0.253 e. The van der Waals surface area contributed by atoms with Gasteiger partial charge in [0.05, 0.1) is 5.52 Å². The lowest BCUT2D eigenvalue weighted by molar-refractivity contribution is 0.0642. The predicted molar refractivity (Wildman–Crippen MR) is 119 cm³/mol. The lowest BCUT2D eigenvalue weighted by Crippen LogP contribution is -2.55. The van der Waals surface area contributed by atoms with Crippen LogP contribution in [0.4, 0.5) is 0 Å². The molecule has 1 saturated heterocycles. The average Bonchev–Trinajstić information content (AvgIpc) is 3.49. The molecule has 9 nitrogen and oxygen atoms in total. The molecule has 1 aliphatic heterocycles. The highest BCUT2D eigenvalue weighted by atomic mass is 32.2. The molecule has 0 spiro atoms. The number of carbonyl (C=O) groups is 1. The Labute approximate surface area is 185 Å². The van der Waals surface area contributed by atoms with E-state index in [1.54, 1.807) is 52.4 Å². The SMILES string of the molecule is CC1CN(C(=O)c2ccccc2)CCN1S(=O)(=O)c1c[nH]c2c(-n3cccn3)nccc12. The summed E-state index contributed by atoms with van der Waals surface area (Å²) < 4.78 is 30.2. The van der Waals surface area contributed by atoms with Gasteiger partial charge in [-0.1, -0.05) is 18.2 Å². The quantitative estimate of drug-likeness (QED) is 0.514. The molecular formula is C22H22N6O3S. The normalized spacial score (nSPS) is 17.7. The van der Waals surface area contributed by atoms with Gasteiger partial charge in [-0.25, -0.2) is 18.1 Å². The number of sulfonamides is 1. The highest BCUT2D eigenvalue weighted by Crippen LogP contribution is 2.30. The van der Waals surface area contributed by atoms with Gasteiger partial charge in [0.2, 0.25) is 10.0 Å². The highest BCUT2D eigenvalue weighted by molar-refractivity contribution is 7.89. The summed E-state index contributed by atoms with van der Waals surface area (Å²) in [5.74, 6) is 0.441. The summed E-state index contributed by atoms with van der Waals surface area (Å²) in [6.07, 6.45) is 6.47. The summed E-state index contributed by atoms with van der Waals surface area (Å²) in [5.41, 5.74) is 1.20. The molecule has 5 rings (SSSR count). The fourth-order valence-electron chi connectivity index (χ4n) is 4.17. The maximum atomic E-state index is 13.6. The molecule has 3 aromatic heterocycles. The number of piperazine rings is 1. The first-order chi connectivity index (χ1) is 15.5. The molecule has 1 amide bonds. The van der Waals surface area contributed by atoms with Crippen molar-refractivity contribution in [3.8, 4) is 5.82 Å². The molecule has 10 heteroatoms. The molecule has 4 heterocycles. The molecule has 0 bridgehead atoms. The van der Waals surface area contributed by atoms with Crippen LogP contribution >= 0.6 is 0 Å². The van der Waals surface area contributed by atoms with E-state index in [0.29, 0.717) is 35.4 Å². The van der Waals surface area contributed by atoms with Crippen LogP contribution in [0.15, 0.2) is 72.1 Å². The molecule has 0 radical (unpaired) electrons. The Balaban J connectivity index is 1.43. The molecule has 1 N–H and O–H groups in total. The molecule has 1 aromatic carbocycles. The summed E-state index contributed by atoms with van der Waals surface area (Å²) >= 11 is 0. The van der Waals surface area contributed by atoms with Gasteiger partial charge < -0.3 is 9.88 Å². The number of amides is 1. The lowest BCUT2D eigenvalue weighted by Gasteiger charge is -2.38. The number of carbonyl (C=O) groups excluding carboxylic acids is 1. The monoisotopic (exact) mass is 450 g/mol. The Morgan fingerprint density at radius 2 is 1.91 bits per heavy atom. The first kappa shape index (κ1) is 20.4. The number of aromatic nitrogens is 4. The number of benzene rings is 1. The van der Waals surface area contributed by atoms with Crippen molar-refractivity contribution in [2.75, 3.05) is 19.6 Å². The number of pyridine rings is 1. The summed E-state index contributed by atoms with van der Waals surface area (Å²) in [4.78, 5) is 22.1. The minimum atomic E-state index is -3.79. The Hall–Kier alpha value is -3.50. The van der Waals surface area contributed by atoms with Crippen LogP contribution in [-0.4, -0.2) is 69.0 Å². The number of nitrogens with one attached hydrogen (secondary N) is 1. The van der Waals surface area contributed by atoms with Crippen LogP contribution in [0, 0.1) is 0 Å². The number of fused-ring (bicyclic) bond motifs is 1. The van der Waals surface area contributed by atoms with Gasteiger partial charge in [0.15, 0.2) is 5.82 Å². The minimum absolute atomic E-state index is 0.0865. The van der Waals surface area contributed by atoms with Crippen molar-refractivity contribution in [3.05, 3.63) is 72.8 Å². The number of aromatic amines is 1. The van der Waals surface area contributed by atoms with E-state index in [0.717, 1.165) is 0 Å². The van der Waals surface area contributed by atoms with Crippen molar-refractivity contribution in [2.24, 2.45) is 0 Å². The topological polar surface area (TPSA) is 104 Å². The third kappa shape index (κ3) is 3.37. The smallest absolute Gasteiger partial charge is 0.253 e. The largest absolute Gasteiger partial charge is 0.357 e. The van der Waals surface area contributed by atoms with E-state index in [4.69, 9.17) is 0 Å². The van der Waals surface area contributed by atoms with Gasteiger partial charge in [-0.05, 0) is 31.2 Å². The minimum Gasteiger partial charge on any atom is -0.357 e. The molecule has 0 saturated carbocycles. The van der Waals surface area contributed by atoms with Crippen LogP contribution in [0.2, 0.25) is 0 Å². The van der Waals surface area contributed by atoms with Crippen LogP contribution < -0.4 is 0 Å². The van der Waals surface area contributed by atoms with Crippen LogP contribution in [0.1, 0.15) is 17.3 Å². The second kappa shape index (κ2) is 7.88. The van der Waals surface area contributed by atoms with E-state index < -0.39 is 10.0 Å². The van der Waals surface area contributed by atoms with E-state index in [9.17, 15) is 13.2 Å². The number of rotatable bonds is 4. The van der Waals surface area contributed by atoms with Crippen LogP contribution in [-0.2, 0) is 10.0 Å². The summed E-state index contributed by atoms with van der Waals surface area (Å²) in [7, 11) is -3.79. The zero-order chi connectivity index (χ0) is 22.3. The van der Waals surface area contributed by atoms with Gasteiger partial charge in [0.1, 0.15) is 4.90 Å². The van der Waals surface area contributed by atoms with Crippen molar-refractivity contribution in [2.45, 2.75) is 17.9 Å². The summed E-state index contributed by atoms with van der Waals surface area (Å²) in [6.45, 7) is 2.72. The van der Waals surface area contributed by atoms with E-state index in [1.807, 2.05) is 25.1 Å². The second-order valence-corrected chi connectivity index (χ2v) is 9.60. The van der Waals surface area contributed by atoms with Gasteiger partial charge in [-0.15, -0.1) is 0 Å². The van der Waals surface area contributed by atoms with Gasteiger partial charge in [-0.2, -0.15) is 9.40 Å². The van der Waals surface area contributed by atoms with Gasteiger partial charge in [-0.3, -0.25) is 4.79 Å². The predicted octanol–water partition coefficient (Wildman–Crippen LogP) is 2.28. The third-order valence-electron chi connectivity index (χ3n) is 5.73. The van der Waals surface area contributed by atoms with E-state index in [1.165, 1.54) is 10.5 Å². The first-order valence-corrected chi connectivity index (χ1v) is 11.7. The zero-order valence-electron chi connectivity index (χ0n) is 17.4. The van der Waals surface area contributed by atoms with Crippen molar-refractivity contribution < 1.29 is 13.2 Å². The molecule has 1 unspecified atom stereocenters. The Morgan fingerprint density at radius 1 is 1.09 bits per heavy atom. The first-order valence-electron chi connectivity index (χ1n) is 10.3. The molecule has 1 atom stereocenters. The van der Waals surface area contributed by atoms with Crippen LogP contribution in [0.5, 0.6) is 0 Å². The standard InChI is InChI=1S/C22H22N6O3S/c1-16-15-26(22(29)17-6-3-2-4-7-17)12-13-28(16)32(30,31)19-14-24-20-18(19)8-10-23-21(20)27-11-5-9-25-27/h2-11,14,16,24H,12-13,15H2,1H3. The molecule has 1 aliphatic rings. The van der Waals surface area contributed by atoms with Gasteiger partial charge in [0, 0.05) is 61.4 Å². The number of hydrogen-bond donors (Lipinski definition) is 1. The number of nitrogens with zero attached hydrogens (tertiary/aromatic N) is 5. The fraction of sp³-hybridized carbons (Fsp3) is 0.227. The lowest BCUT2D eigenvalue weighted by atomic mass is 10.1. The van der Waals surface area contributed by atoms with Gasteiger partial charge >= 0.3 is 0 Å². The van der Waals surface area contributed by atoms with Crippen molar-refractivity contribution in [1.82, 2.24) is 29.0 Å². The van der Waals surface area contributed by atoms with Crippen molar-refractivity contribution in [3.63, 3.8) is 0 Å². The number of H-pyrrole nitrogens is 1. The van der Waals surface area contributed by atoms with Crippen molar-refractivity contribution in [1.29, 1.82) is 0 Å². The van der Waals surface area contributed by atoms with Gasteiger partial charge in [0.25, 0.3) is 5.91 Å². The Kier molecular flexibility index (Phi) is 5.03. The molecular weight excluding hydrogens is 428 g/mol. The van der Waals surface area contributed by atoms with Crippen molar-refractivity contribution >= 4 is 26.8 Å². The molecule has 1 fully saturated rings. The second-order valence-electron chi connectivity index (χ2n) is 7.74. The zero-order valence-corrected chi connectivity index (χ0v) is 18.2. The van der Waals surface area contributed by atoms with Crippen LogP contribution in [0.3, 0.4) is 0 Å². The molecule has 164 valence electrons. The third-order valence-corrected chi connectivity index (χ3v) is 7.78. The van der Waals surface area contributed by atoms with E-state index >= 15 is 0 Å². The summed E-state index contributed by atoms with van der Waals surface area (Å²) in [6, 6.07) is 12.1. The highest BCUT2D eigenvalue weighted by Gasteiger charge is 2.36. The Bertz CT molecular complexity index is 1370. The van der Waals surface area contributed by atoms with Crippen LogP contribution in [0.25, 0.3) is 16.7 Å². The average molecular weight is 451 g/mol. The number of hydrogen-bond acceptors (Lipinski definition) is 5. The van der Waals surface area contributed by atoms with E-state index in [-0.39, 0.29) is 23.4 Å².